The Labute approximate surface area is 89.5 Å². The normalized spacial score (nSPS) is 12.1. The smallest absolute Gasteiger partial charge is 0.121 e. The van der Waals surface area contributed by atoms with E-state index in [0.717, 1.165) is 17.7 Å². The van der Waals surface area contributed by atoms with Crippen molar-refractivity contribution in [2.45, 2.75) is 19.9 Å². The average Bonchev–Trinajstić information content (AvgIpc) is 2.19. The van der Waals surface area contributed by atoms with Crippen molar-refractivity contribution in [1.82, 2.24) is 5.32 Å². The molecule has 1 atom stereocenters. The van der Waals surface area contributed by atoms with Gasteiger partial charge in [0.25, 0.3) is 0 Å². The highest BCUT2D eigenvalue weighted by Crippen LogP contribution is 2.20. The zero-order chi connectivity index (χ0) is 10.6. The third kappa shape index (κ3) is 2.47. The predicted octanol–water partition coefficient (Wildman–Crippen LogP) is 2.82. The number of hydrogen-bond acceptors (Lipinski definition) is 2. The van der Waals surface area contributed by atoms with E-state index < -0.39 is 0 Å². The summed E-state index contributed by atoms with van der Waals surface area (Å²) in [6, 6.07) is 7.63. The predicted molar refractivity (Wildman–Crippen MR) is 58.2 cm³/mol. The Morgan fingerprint density at radius 3 is 2.79 bits per heavy atom. The maximum atomic E-state index is 8.92. The minimum atomic E-state index is -0.266. The van der Waals surface area contributed by atoms with Crippen molar-refractivity contribution in [2.75, 3.05) is 6.54 Å². The van der Waals surface area contributed by atoms with E-state index in [4.69, 9.17) is 16.9 Å². The molecule has 0 amide bonds. The summed E-state index contributed by atoms with van der Waals surface area (Å²) in [6.07, 6.45) is 0. The first-order valence-electron chi connectivity index (χ1n) is 4.58. The van der Waals surface area contributed by atoms with Crippen LogP contribution in [0.3, 0.4) is 0 Å². The molecule has 0 aliphatic carbocycles. The van der Waals surface area contributed by atoms with Crippen LogP contribution in [0.15, 0.2) is 18.2 Å². The molecule has 0 heterocycles. The Bertz CT molecular complexity index is 355. The van der Waals surface area contributed by atoms with Crippen LogP contribution in [-0.2, 0) is 0 Å². The minimum Gasteiger partial charge on any atom is -0.298 e. The van der Waals surface area contributed by atoms with Crippen LogP contribution in [-0.4, -0.2) is 6.54 Å². The summed E-state index contributed by atoms with van der Waals surface area (Å²) in [4.78, 5) is 0. The van der Waals surface area contributed by atoms with E-state index in [1.807, 2.05) is 32.0 Å². The molecule has 0 saturated carbocycles. The van der Waals surface area contributed by atoms with Crippen molar-refractivity contribution >= 4 is 11.6 Å². The highest BCUT2D eigenvalue weighted by Gasteiger charge is 2.09. The quantitative estimate of drug-likeness (QED) is 0.829. The first-order chi connectivity index (χ1) is 6.69. The summed E-state index contributed by atoms with van der Waals surface area (Å²) < 4.78 is 0. The molecule has 1 N–H and O–H groups in total. The molecule has 1 rings (SSSR count). The first kappa shape index (κ1) is 11.0. The van der Waals surface area contributed by atoms with Gasteiger partial charge < -0.3 is 0 Å². The van der Waals surface area contributed by atoms with Crippen molar-refractivity contribution in [3.8, 4) is 6.07 Å². The van der Waals surface area contributed by atoms with Gasteiger partial charge >= 0.3 is 0 Å². The Morgan fingerprint density at radius 2 is 2.29 bits per heavy atom. The number of nitrogens with zero attached hydrogens (tertiary/aromatic N) is 1. The summed E-state index contributed by atoms with van der Waals surface area (Å²) in [6.45, 7) is 4.69. The second-order valence-electron chi connectivity index (χ2n) is 3.13. The molecule has 14 heavy (non-hydrogen) atoms. The van der Waals surface area contributed by atoms with Gasteiger partial charge in [-0.1, -0.05) is 30.7 Å². The van der Waals surface area contributed by atoms with E-state index in [1.54, 1.807) is 0 Å². The summed E-state index contributed by atoms with van der Waals surface area (Å²) >= 11 is 5.98. The summed E-state index contributed by atoms with van der Waals surface area (Å²) in [5.74, 6) is 0. The van der Waals surface area contributed by atoms with Gasteiger partial charge in [0.2, 0.25) is 0 Å². The van der Waals surface area contributed by atoms with E-state index in [-0.39, 0.29) is 6.04 Å². The van der Waals surface area contributed by atoms with Crippen LogP contribution in [0.2, 0.25) is 5.02 Å². The summed E-state index contributed by atoms with van der Waals surface area (Å²) in [5, 5.41) is 12.7. The lowest BCUT2D eigenvalue weighted by molar-refractivity contribution is 0.658. The minimum absolute atomic E-state index is 0.266. The lowest BCUT2D eigenvalue weighted by Gasteiger charge is -2.10. The van der Waals surface area contributed by atoms with Gasteiger partial charge in [0.15, 0.2) is 0 Å². The van der Waals surface area contributed by atoms with Gasteiger partial charge in [0.1, 0.15) is 6.04 Å². The molecule has 0 aromatic heterocycles. The molecule has 1 unspecified atom stereocenters. The van der Waals surface area contributed by atoms with Crippen LogP contribution in [0, 0.1) is 18.3 Å². The number of nitrogens with one attached hydrogen (secondary N) is 1. The molecule has 2 nitrogen and oxygen atoms in total. The molecule has 0 aliphatic rings. The van der Waals surface area contributed by atoms with E-state index in [1.165, 1.54) is 0 Å². The number of aryl methyl sites for hydroxylation is 1. The molecule has 0 spiro atoms. The molecule has 0 fully saturated rings. The van der Waals surface area contributed by atoms with Crippen molar-refractivity contribution in [3.63, 3.8) is 0 Å². The maximum Gasteiger partial charge on any atom is 0.121 e. The second-order valence-corrected chi connectivity index (χ2v) is 3.54. The van der Waals surface area contributed by atoms with Crippen LogP contribution in [0.4, 0.5) is 0 Å². The highest BCUT2D eigenvalue weighted by atomic mass is 35.5. The highest BCUT2D eigenvalue weighted by molar-refractivity contribution is 6.31. The van der Waals surface area contributed by atoms with Crippen molar-refractivity contribution in [3.05, 3.63) is 34.3 Å². The number of rotatable bonds is 3. The lowest BCUT2D eigenvalue weighted by Crippen LogP contribution is -2.19. The van der Waals surface area contributed by atoms with Gasteiger partial charge in [0, 0.05) is 5.02 Å². The van der Waals surface area contributed by atoms with E-state index in [0.29, 0.717) is 5.02 Å². The second kappa shape index (κ2) is 4.99. The van der Waals surface area contributed by atoms with E-state index >= 15 is 0 Å². The van der Waals surface area contributed by atoms with Gasteiger partial charge in [-0.25, -0.2) is 0 Å². The first-order valence-corrected chi connectivity index (χ1v) is 4.96. The van der Waals surface area contributed by atoms with E-state index in [9.17, 15) is 0 Å². The summed E-state index contributed by atoms with van der Waals surface area (Å²) in [5.41, 5.74) is 1.95. The van der Waals surface area contributed by atoms with Crippen molar-refractivity contribution < 1.29 is 0 Å². The largest absolute Gasteiger partial charge is 0.298 e. The molecule has 0 saturated heterocycles. The fraction of sp³-hybridized carbons (Fsp3) is 0.364. The maximum absolute atomic E-state index is 8.92. The van der Waals surface area contributed by atoms with Crippen LogP contribution in [0.25, 0.3) is 0 Å². The number of benzene rings is 1. The number of halogens is 1. The lowest BCUT2D eigenvalue weighted by atomic mass is 10.1. The van der Waals surface area contributed by atoms with Crippen LogP contribution in [0.5, 0.6) is 0 Å². The fourth-order valence-corrected chi connectivity index (χ4v) is 1.42. The van der Waals surface area contributed by atoms with Gasteiger partial charge in [-0.3, -0.25) is 5.32 Å². The topological polar surface area (TPSA) is 35.8 Å². The van der Waals surface area contributed by atoms with Crippen LogP contribution < -0.4 is 5.32 Å². The zero-order valence-electron chi connectivity index (χ0n) is 8.34. The molecular weight excluding hydrogens is 196 g/mol. The van der Waals surface area contributed by atoms with Crippen LogP contribution in [0.1, 0.15) is 24.1 Å². The van der Waals surface area contributed by atoms with Crippen LogP contribution >= 0.6 is 11.6 Å². The zero-order valence-corrected chi connectivity index (χ0v) is 9.10. The average molecular weight is 209 g/mol. The molecule has 0 radical (unpaired) electrons. The monoisotopic (exact) mass is 208 g/mol. The van der Waals surface area contributed by atoms with Crippen molar-refractivity contribution in [2.24, 2.45) is 0 Å². The van der Waals surface area contributed by atoms with Gasteiger partial charge in [-0.2, -0.15) is 5.26 Å². The van der Waals surface area contributed by atoms with Gasteiger partial charge in [0.05, 0.1) is 6.07 Å². The Kier molecular flexibility index (Phi) is 3.94. The Hall–Kier alpha value is -1.04. The fourth-order valence-electron chi connectivity index (χ4n) is 1.23. The molecule has 0 bridgehead atoms. The third-order valence-electron chi connectivity index (χ3n) is 2.07. The molecule has 1 aromatic carbocycles. The van der Waals surface area contributed by atoms with Gasteiger partial charge in [-0.05, 0) is 30.7 Å². The molecule has 74 valence electrons. The molecule has 0 aliphatic heterocycles. The van der Waals surface area contributed by atoms with Gasteiger partial charge in [-0.15, -0.1) is 0 Å². The number of nitriles is 1. The summed E-state index contributed by atoms with van der Waals surface area (Å²) in [7, 11) is 0. The van der Waals surface area contributed by atoms with E-state index in [2.05, 4.69) is 11.4 Å². The van der Waals surface area contributed by atoms with Crippen molar-refractivity contribution in [1.29, 1.82) is 5.26 Å². The Balaban J connectivity index is 2.95. The molecular formula is C11H13ClN2. The molecule has 1 aromatic rings. The Morgan fingerprint density at radius 1 is 1.57 bits per heavy atom. The standard InChI is InChI=1S/C11H13ClN2/c1-3-14-11(7-13)9-5-4-8(2)10(12)6-9/h4-6,11,14H,3H2,1-2H3. The third-order valence-corrected chi connectivity index (χ3v) is 2.47. The SMILES string of the molecule is CCNC(C#N)c1ccc(C)c(Cl)c1. The molecule has 3 heteroatoms. The number of hydrogen-bond donors (Lipinski definition) is 1.